The molecule has 0 amide bonds. The fourth-order valence-electron chi connectivity index (χ4n) is 6.81. The van der Waals surface area contributed by atoms with Crippen LogP contribution >= 0.6 is 0 Å². The molecule has 0 spiro atoms. The molecule has 3 aromatic heterocycles. The van der Waals surface area contributed by atoms with E-state index in [0.29, 0.717) is 0 Å². The molecule has 6 aromatic carbocycles. The summed E-state index contributed by atoms with van der Waals surface area (Å²) in [6.45, 7) is 0. The molecule has 0 aliphatic carbocycles. The first-order chi connectivity index (χ1) is 20.9. The molecule has 42 heavy (non-hydrogen) atoms. The number of para-hydroxylation sites is 3. The van der Waals surface area contributed by atoms with E-state index >= 15 is 0 Å². The molecule has 0 unspecified atom stereocenters. The predicted molar refractivity (Wildman–Crippen MR) is 176 cm³/mol. The summed E-state index contributed by atoms with van der Waals surface area (Å²) in [5.74, 6) is 0. The Bertz CT molecular complexity index is 2460. The largest absolute Gasteiger partial charge is 0.309 e. The fourth-order valence-corrected chi connectivity index (χ4v) is 6.81. The molecular formula is C39H25N3. The fraction of sp³-hybridized carbons (Fsp3) is 0. The van der Waals surface area contributed by atoms with E-state index in [4.69, 9.17) is 4.98 Å². The Kier molecular flexibility index (Phi) is 4.90. The molecule has 0 saturated heterocycles. The zero-order valence-electron chi connectivity index (χ0n) is 22.8. The second-order valence-corrected chi connectivity index (χ2v) is 10.9. The number of benzene rings is 6. The summed E-state index contributed by atoms with van der Waals surface area (Å²) in [5.41, 5.74) is 9.30. The van der Waals surface area contributed by atoms with E-state index in [9.17, 15) is 0 Å². The molecule has 3 heterocycles. The van der Waals surface area contributed by atoms with Gasteiger partial charge in [-0.1, -0.05) is 97.1 Å². The van der Waals surface area contributed by atoms with Crippen molar-refractivity contribution in [2.45, 2.75) is 0 Å². The highest BCUT2D eigenvalue weighted by atomic mass is 15.0. The zero-order valence-corrected chi connectivity index (χ0v) is 22.8. The maximum atomic E-state index is 4.83. The third kappa shape index (κ3) is 3.25. The van der Waals surface area contributed by atoms with Gasteiger partial charge >= 0.3 is 0 Å². The zero-order chi connectivity index (χ0) is 27.6. The van der Waals surface area contributed by atoms with Gasteiger partial charge in [0.1, 0.15) is 0 Å². The summed E-state index contributed by atoms with van der Waals surface area (Å²) in [5, 5.41) is 7.41. The normalized spacial score (nSPS) is 11.8. The minimum atomic E-state index is 1.11. The molecule has 0 bridgehead atoms. The van der Waals surface area contributed by atoms with E-state index in [-0.39, 0.29) is 0 Å². The number of fused-ring (bicyclic) bond motifs is 7. The van der Waals surface area contributed by atoms with Gasteiger partial charge in [0.25, 0.3) is 0 Å². The third-order valence-corrected chi connectivity index (χ3v) is 8.57. The SMILES string of the molecule is c1ccc(-n2c3ccccc3c3c(-c4cccc5c4c4ccccc4n5-c4ccc5ccccc5c4)cncc32)cc1. The van der Waals surface area contributed by atoms with Crippen LogP contribution in [0, 0.1) is 0 Å². The van der Waals surface area contributed by atoms with Gasteiger partial charge in [-0.25, -0.2) is 0 Å². The van der Waals surface area contributed by atoms with Crippen LogP contribution in [0.1, 0.15) is 0 Å². The molecule has 0 atom stereocenters. The monoisotopic (exact) mass is 535 g/mol. The van der Waals surface area contributed by atoms with Crippen molar-refractivity contribution < 1.29 is 0 Å². The summed E-state index contributed by atoms with van der Waals surface area (Å²) in [7, 11) is 0. The lowest BCUT2D eigenvalue weighted by molar-refractivity contribution is 1.17. The highest BCUT2D eigenvalue weighted by Crippen LogP contribution is 2.43. The lowest BCUT2D eigenvalue weighted by atomic mass is 9.97. The number of rotatable bonds is 3. The molecule has 3 heteroatoms. The summed E-state index contributed by atoms with van der Waals surface area (Å²) in [6.07, 6.45) is 4.05. The van der Waals surface area contributed by atoms with Gasteiger partial charge in [-0.2, -0.15) is 0 Å². The molecule has 0 aliphatic heterocycles. The van der Waals surface area contributed by atoms with Crippen LogP contribution in [0.3, 0.4) is 0 Å². The molecule has 3 nitrogen and oxygen atoms in total. The molecule has 0 radical (unpaired) electrons. The van der Waals surface area contributed by atoms with Crippen LogP contribution in [-0.4, -0.2) is 14.1 Å². The summed E-state index contributed by atoms with van der Waals surface area (Å²) in [6, 6.07) is 50.0. The van der Waals surface area contributed by atoms with Gasteiger partial charge in [0.2, 0.25) is 0 Å². The van der Waals surface area contributed by atoms with Gasteiger partial charge in [0.05, 0.1) is 28.3 Å². The van der Waals surface area contributed by atoms with Crippen molar-refractivity contribution in [1.82, 2.24) is 14.1 Å². The lowest BCUT2D eigenvalue weighted by Gasteiger charge is -2.11. The van der Waals surface area contributed by atoms with Gasteiger partial charge in [-0.15, -0.1) is 0 Å². The van der Waals surface area contributed by atoms with Crippen molar-refractivity contribution in [3.63, 3.8) is 0 Å². The highest BCUT2D eigenvalue weighted by molar-refractivity contribution is 6.22. The summed E-state index contributed by atoms with van der Waals surface area (Å²) in [4.78, 5) is 4.83. The number of aromatic nitrogens is 3. The van der Waals surface area contributed by atoms with Crippen LogP contribution in [-0.2, 0) is 0 Å². The van der Waals surface area contributed by atoms with Crippen molar-refractivity contribution in [2.75, 3.05) is 0 Å². The first-order valence-electron chi connectivity index (χ1n) is 14.3. The van der Waals surface area contributed by atoms with Crippen molar-refractivity contribution in [1.29, 1.82) is 0 Å². The second kappa shape index (κ2) is 8.92. The van der Waals surface area contributed by atoms with Crippen LogP contribution in [0.4, 0.5) is 0 Å². The molecule has 9 rings (SSSR count). The first kappa shape index (κ1) is 23.1. The van der Waals surface area contributed by atoms with Crippen LogP contribution in [0.15, 0.2) is 152 Å². The predicted octanol–water partition coefficient (Wildman–Crippen LogP) is 10.1. The standard InChI is InChI=1S/C39H25N3/c1-2-13-28(14-3-1)41-34-18-8-7-16-32(34)39-33(24-40-25-37(39)41)30-17-10-20-36-38(30)31-15-6-9-19-35(31)42(36)29-22-21-26-11-4-5-12-27(26)23-29/h1-25H. The second-order valence-electron chi connectivity index (χ2n) is 10.9. The molecule has 0 fully saturated rings. The van der Waals surface area contributed by atoms with Crippen LogP contribution in [0.25, 0.3) is 76.9 Å². The maximum absolute atomic E-state index is 4.83. The van der Waals surface area contributed by atoms with Crippen molar-refractivity contribution in [3.8, 4) is 22.5 Å². The third-order valence-electron chi connectivity index (χ3n) is 8.57. The van der Waals surface area contributed by atoms with Gasteiger partial charge in [-0.05, 0) is 58.8 Å². The van der Waals surface area contributed by atoms with E-state index in [2.05, 4.69) is 149 Å². The molecule has 9 aromatic rings. The Morgan fingerprint density at radius 2 is 1.00 bits per heavy atom. The number of pyridine rings is 1. The molecule has 196 valence electrons. The summed E-state index contributed by atoms with van der Waals surface area (Å²) < 4.78 is 4.74. The average molecular weight is 536 g/mol. The minimum absolute atomic E-state index is 1.11. The maximum Gasteiger partial charge on any atom is 0.0730 e. The Labute approximate surface area is 242 Å². The number of hydrogen-bond acceptors (Lipinski definition) is 1. The minimum Gasteiger partial charge on any atom is -0.309 e. The number of hydrogen-bond donors (Lipinski definition) is 0. The smallest absolute Gasteiger partial charge is 0.0730 e. The average Bonchev–Trinajstić information content (AvgIpc) is 3.58. The van der Waals surface area contributed by atoms with Gasteiger partial charge in [-0.3, -0.25) is 4.98 Å². The van der Waals surface area contributed by atoms with Crippen LogP contribution < -0.4 is 0 Å². The van der Waals surface area contributed by atoms with Gasteiger partial charge in [0, 0.05) is 44.7 Å². The Morgan fingerprint density at radius 3 is 1.79 bits per heavy atom. The van der Waals surface area contributed by atoms with Gasteiger partial charge < -0.3 is 9.13 Å². The first-order valence-corrected chi connectivity index (χ1v) is 14.3. The van der Waals surface area contributed by atoms with E-state index in [1.807, 2.05) is 12.4 Å². The molecule has 0 aliphatic rings. The lowest BCUT2D eigenvalue weighted by Crippen LogP contribution is -1.94. The molecule has 0 saturated carbocycles. The highest BCUT2D eigenvalue weighted by Gasteiger charge is 2.20. The quantitative estimate of drug-likeness (QED) is 0.221. The molecule has 0 N–H and O–H groups in total. The van der Waals surface area contributed by atoms with E-state index in [0.717, 1.165) is 22.5 Å². The van der Waals surface area contributed by atoms with Crippen molar-refractivity contribution >= 4 is 54.4 Å². The van der Waals surface area contributed by atoms with Gasteiger partial charge in [0.15, 0.2) is 0 Å². The Hall–Kier alpha value is -5.67. The van der Waals surface area contributed by atoms with Crippen LogP contribution in [0.2, 0.25) is 0 Å². The summed E-state index contributed by atoms with van der Waals surface area (Å²) >= 11 is 0. The topological polar surface area (TPSA) is 22.8 Å². The van der Waals surface area contributed by atoms with Crippen molar-refractivity contribution in [2.24, 2.45) is 0 Å². The Morgan fingerprint density at radius 1 is 0.381 bits per heavy atom. The van der Waals surface area contributed by atoms with E-state index in [1.165, 1.54) is 54.4 Å². The van der Waals surface area contributed by atoms with E-state index < -0.39 is 0 Å². The Balaban J connectivity index is 1.39. The molecular weight excluding hydrogens is 510 g/mol. The number of nitrogens with zero attached hydrogens (tertiary/aromatic N) is 3. The van der Waals surface area contributed by atoms with Crippen molar-refractivity contribution in [3.05, 3.63) is 152 Å². The van der Waals surface area contributed by atoms with Crippen LogP contribution in [0.5, 0.6) is 0 Å². The van der Waals surface area contributed by atoms with E-state index in [1.54, 1.807) is 0 Å².